The van der Waals surface area contributed by atoms with Gasteiger partial charge >= 0.3 is 5.97 Å². The van der Waals surface area contributed by atoms with Crippen molar-refractivity contribution in [3.8, 4) is 0 Å². The van der Waals surface area contributed by atoms with Crippen LogP contribution in [0.3, 0.4) is 0 Å². The number of hydrogen-bond acceptors (Lipinski definition) is 3. The van der Waals surface area contributed by atoms with Gasteiger partial charge in [-0.25, -0.2) is 4.39 Å². The quantitative estimate of drug-likeness (QED) is 0.620. The summed E-state index contributed by atoms with van der Waals surface area (Å²) in [5.74, 6) is -1.91. The van der Waals surface area contributed by atoms with E-state index in [0.29, 0.717) is 12.8 Å². The molecule has 0 bridgehead atoms. The second kappa shape index (κ2) is 7.86. The van der Waals surface area contributed by atoms with Gasteiger partial charge in [-0.1, -0.05) is 29.8 Å². The van der Waals surface area contributed by atoms with Crippen molar-refractivity contribution in [2.24, 2.45) is 23.2 Å². The normalized spacial score (nSPS) is 42.3. The topological polar surface area (TPSA) is 75.6 Å². The van der Waals surface area contributed by atoms with Crippen LogP contribution in [0.1, 0.15) is 66.2 Å². The summed E-state index contributed by atoms with van der Waals surface area (Å²) in [4.78, 5) is 24.1. The lowest BCUT2D eigenvalue weighted by atomic mass is 9.61. The largest absolute Gasteiger partial charge is 0.481 e. The molecule has 7 heteroatoms. The van der Waals surface area contributed by atoms with E-state index in [4.69, 9.17) is 9.84 Å². The van der Waals surface area contributed by atoms with Gasteiger partial charge in [-0.2, -0.15) is 0 Å². The number of nitrogens with one attached hydrogen (secondary N) is 1. The predicted octanol–water partition coefficient (Wildman–Crippen LogP) is 4.08. The zero-order chi connectivity index (χ0) is 20.9. The van der Waals surface area contributed by atoms with Crippen molar-refractivity contribution in [1.82, 2.24) is 5.32 Å². The number of fused-ring (bicyclic) bond motifs is 1. The molecule has 7 unspecified atom stereocenters. The molecule has 0 spiro atoms. The van der Waals surface area contributed by atoms with Gasteiger partial charge in [0.05, 0.1) is 17.6 Å². The number of aliphatic carboxylic acids is 1. The first kappa shape index (κ1) is 22.0. The summed E-state index contributed by atoms with van der Waals surface area (Å²) >= 11 is 3.77. The van der Waals surface area contributed by atoms with Gasteiger partial charge in [-0.15, -0.1) is 0 Å². The Kier molecular flexibility index (Phi) is 6.18. The highest BCUT2D eigenvalue weighted by Crippen LogP contribution is 2.53. The molecule has 5 nitrogen and oxygen atoms in total. The average molecular weight is 462 g/mol. The van der Waals surface area contributed by atoms with Gasteiger partial charge in [-0.3, -0.25) is 9.59 Å². The predicted molar refractivity (Wildman–Crippen MR) is 108 cm³/mol. The van der Waals surface area contributed by atoms with Crippen LogP contribution in [-0.4, -0.2) is 45.7 Å². The van der Waals surface area contributed by atoms with E-state index in [-0.39, 0.29) is 58.6 Å². The molecule has 160 valence electrons. The van der Waals surface area contributed by atoms with E-state index < -0.39 is 18.1 Å². The minimum absolute atomic E-state index is 0.0329. The molecule has 3 aliphatic rings. The smallest absolute Gasteiger partial charge is 0.309 e. The number of ether oxygens (including phenoxy) is 1. The first-order chi connectivity index (χ1) is 12.9. The lowest BCUT2D eigenvalue weighted by Crippen LogP contribution is -2.57. The van der Waals surface area contributed by atoms with Crippen LogP contribution >= 0.6 is 15.9 Å². The fourth-order valence-electron chi connectivity index (χ4n) is 5.81. The standard InChI is InChI=1S/C21H33BrFNO4/c1-20(2)10-21(3,4)28-17-14(20)7-11(8-15(17)22)18(25)24-12-5-6-13(19(26)27)16(23)9-12/h11-17H,5-10H2,1-4H3,(H,24,25)(H,26,27). The van der Waals surface area contributed by atoms with E-state index in [9.17, 15) is 14.0 Å². The molecule has 2 saturated carbocycles. The molecular weight excluding hydrogens is 429 g/mol. The van der Waals surface area contributed by atoms with Gasteiger partial charge < -0.3 is 15.2 Å². The van der Waals surface area contributed by atoms with Gasteiger partial charge in [0.15, 0.2) is 0 Å². The lowest BCUT2D eigenvalue weighted by Gasteiger charge is -2.55. The maximum atomic E-state index is 14.1. The molecule has 1 heterocycles. The van der Waals surface area contributed by atoms with Gasteiger partial charge in [0.25, 0.3) is 0 Å². The summed E-state index contributed by atoms with van der Waals surface area (Å²) in [5.41, 5.74) is -0.105. The lowest BCUT2D eigenvalue weighted by molar-refractivity contribution is -0.194. The number of alkyl halides is 2. The first-order valence-corrected chi connectivity index (χ1v) is 11.3. The van der Waals surface area contributed by atoms with Gasteiger partial charge in [0, 0.05) is 16.8 Å². The van der Waals surface area contributed by atoms with E-state index in [1.807, 2.05) is 0 Å². The highest BCUT2D eigenvalue weighted by molar-refractivity contribution is 9.09. The Morgan fingerprint density at radius 1 is 1.14 bits per heavy atom. The molecule has 2 aliphatic carbocycles. The molecule has 0 radical (unpaired) electrons. The van der Waals surface area contributed by atoms with E-state index in [0.717, 1.165) is 12.8 Å². The summed E-state index contributed by atoms with van der Waals surface area (Å²) in [6, 6.07) is -0.279. The Hall–Kier alpha value is -0.690. The fourth-order valence-corrected chi connectivity index (χ4v) is 6.74. The Morgan fingerprint density at radius 2 is 1.82 bits per heavy atom. The molecule has 1 saturated heterocycles. The van der Waals surface area contributed by atoms with E-state index >= 15 is 0 Å². The van der Waals surface area contributed by atoms with Crippen molar-refractivity contribution in [2.45, 2.75) is 95.0 Å². The number of carboxylic acids is 1. The van der Waals surface area contributed by atoms with Crippen LogP contribution in [-0.2, 0) is 14.3 Å². The summed E-state index contributed by atoms with van der Waals surface area (Å²) in [7, 11) is 0. The van der Waals surface area contributed by atoms with Crippen LogP contribution in [0.25, 0.3) is 0 Å². The monoisotopic (exact) mass is 461 g/mol. The van der Waals surface area contributed by atoms with Crippen LogP contribution in [0.2, 0.25) is 0 Å². The van der Waals surface area contributed by atoms with Crippen LogP contribution in [0, 0.1) is 23.2 Å². The Labute approximate surface area is 175 Å². The van der Waals surface area contributed by atoms with Crippen LogP contribution < -0.4 is 5.32 Å². The second-order valence-corrected chi connectivity index (χ2v) is 11.5. The van der Waals surface area contributed by atoms with Crippen molar-refractivity contribution in [1.29, 1.82) is 0 Å². The van der Waals surface area contributed by atoms with Crippen LogP contribution in [0.5, 0.6) is 0 Å². The van der Waals surface area contributed by atoms with Crippen molar-refractivity contribution in [3.63, 3.8) is 0 Å². The molecule has 0 aromatic carbocycles. The molecule has 1 amide bonds. The number of halogens is 2. The number of carbonyl (C=O) groups is 2. The molecular formula is C21H33BrFNO4. The molecule has 1 aliphatic heterocycles. The Balaban J connectivity index is 1.62. The van der Waals surface area contributed by atoms with E-state index in [2.05, 4.69) is 48.9 Å². The highest BCUT2D eigenvalue weighted by atomic mass is 79.9. The van der Waals surface area contributed by atoms with Crippen molar-refractivity contribution in [2.75, 3.05) is 0 Å². The SMILES string of the molecule is CC1(C)CC(C)(C)C2CC(C(=O)NC3CCC(C(=O)O)C(F)C3)CC(Br)C2O1. The number of carboxylic acid groups (broad SMARTS) is 1. The van der Waals surface area contributed by atoms with Gasteiger partial charge in [-0.05, 0) is 63.7 Å². The summed E-state index contributed by atoms with van der Waals surface area (Å²) < 4.78 is 20.5. The molecule has 2 N–H and O–H groups in total. The minimum Gasteiger partial charge on any atom is -0.481 e. The molecule has 28 heavy (non-hydrogen) atoms. The third-order valence-electron chi connectivity index (χ3n) is 6.95. The van der Waals surface area contributed by atoms with Gasteiger partial charge in [0.2, 0.25) is 5.91 Å². The second-order valence-electron chi connectivity index (χ2n) is 10.3. The van der Waals surface area contributed by atoms with Crippen LogP contribution in [0.15, 0.2) is 0 Å². The minimum atomic E-state index is -1.40. The van der Waals surface area contributed by atoms with E-state index in [1.165, 1.54) is 0 Å². The Bertz CT molecular complexity index is 626. The van der Waals surface area contributed by atoms with Crippen molar-refractivity contribution in [3.05, 3.63) is 0 Å². The highest BCUT2D eigenvalue weighted by Gasteiger charge is 2.53. The van der Waals surface area contributed by atoms with E-state index in [1.54, 1.807) is 0 Å². The average Bonchev–Trinajstić information content (AvgIpc) is 2.53. The van der Waals surface area contributed by atoms with Crippen LogP contribution in [0.4, 0.5) is 4.39 Å². The first-order valence-electron chi connectivity index (χ1n) is 10.4. The zero-order valence-electron chi connectivity index (χ0n) is 17.2. The molecule has 7 atom stereocenters. The fraction of sp³-hybridized carbons (Fsp3) is 0.905. The number of amides is 1. The third kappa shape index (κ3) is 4.55. The maximum absolute atomic E-state index is 14.1. The maximum Gasteiger partial charge on any atom is 0.309 e. The number of rotatable bonds is 3. The summed E-state index contributed by atoms with van der Waals surface area (Å²) in [5, 5.41) is 12.1. The molecule has 3 fully saturated rings. The number of carbonyl (C=O) groups excluding carboxylic acids is 1. The molecule has 3 rings (SSSR count). The Morgan fingerprint density at radius 3 is 2.43 bits per heavy atom. The third-order valence-corrected chi connectivity index (χ3v) is 7.84. The van der Waals surface area contributed by atoms with Crippen molar-refractivity contribution < 1.29 is 23.8 Å². The number of hydrogen-bond donors (Lipinski definition) is 2. The molecule has 0 aromatic heterocycles. The summed E-state index contributed by atoms with van der Waals surface area (Å²) in [6.45, 7) is 8.78. The van der Waals surface area contributed by atoms with Gasteiger partial charge in [0.1, 0.15) is 6.17 Å². The zero-order valence-corrected chi connectivity index (χ0v) is 18.8. The molecule has 0 aromatic rings. The summed E-state index contributed by atoms with van der Waals surface area (Å²) in [6.07, 6.45) is 1.97. The van der Waals surface area contributed by atoms with Crippen molar-refractivity contribution >= 4 is 27.8 Å².